The molecule has 0 bridgehead atoms. The lowest BCUT2D eigenvalue weighted by Gasteiger charge is -2.24. The van der Waals surface area contributed by atoms with Gasteiger partial charge in [0.2, 0.25) is 5.56 Å². The summed E-state index contributed by atoms with van der Waals surface area (Å²) in [5.41, 5.74) is 3.55. The molecule has 0 spiro atoms. The van der Waals surface area contributed by atoms with E-state index in [0.717, 1.165) is 43.0 Å². The van der Waals surface area contributed by atoms with Crippen molar-refractivity contribution in [3.63, 3.8) is 0 Å². The van der Waals surface area contributed by atoms with E-state index in [9.17, 15) is 4.79 Å². The Labute approximate surface area is 118 Å². The average Bonchev–Trinajstić information content (AvgIpc) is 2.75. The second-order valence-electron chi connectivity index (χ2n) is 5.60. The Kier molecular flexibility index (Phi) is 3.49. The monoisotopic (exact) mass is 272 g/mol. The Morgan fingerprint density at radius 3 is 3.00 bits per heavy atom. The molecule has 0 aliphatic heterocycles. The summed E-state index contributed by atoms with van der Waals surface area (Å²) >= 11 is 0. The van der Waals surface area contributed by atoms with Gasteiger partial charge < -0.3 is 14.7 Å². The van der Waals surface area contributed by atoms with E-state index in [2.05, 4.69) is 23.3 Å². The fourth-order valence-corrected chi connectivity index (χ4v) is 2.80. The molecule has 0 saturated carbocycles. The van der Waals surface area contributed by atoms with E-state index in [4.69, 9.17) is 4.42 Å². The summed E-state index contributed by atoms with van der Waals surface area (Å²) in [4.78, 5) is 14.2. The van der Waals surface area contributed by atoms with Crippen molar-refractivity contribution in [1.82, 2.24) is 10.3 Å². The van der Waals surface area contributed by atoms with Crippen molar-refractivity contribution in [2.75, 3.05) is 0 Å². The molecular weight excluding hydrogens is 252 g/mol. The van der Waals surface area contributed by atoms with Gasteiger partial charge in [-0.2, -0.15) is 0 Å². The predicted molar refractivity (Wildman–Crippen MR) is 77.9 cm³/mol. The van der Waals surface area contributed by atoms with Crippen LogP contribution in [0, 0.1) is 13.8 Å². The molecule has 0 fully saturated rings. The van der Waals surface area contributed by atoms with Crippen LogP contribution in [0.3, 0.4) is 0 Å². The molecule has 0 unspecified atom stereocenters. The fraction of sp³-hybridized carbons (Fsp3) is 0.438. The van der Waals surface area contributed by atoms with Crippen molar-refractivity contribution < 1.29 is 4.42 Å². The maximum atomic E-state index is 11.3. The Balaban J connectivity index is 1.63. The molecule has 3 rings (SSSR count). The summed E-state index contributed by atoms with van der Waals surface area (Å²) in [6, 6.07) is 6.10. The zero-order valence-corrected chi connectivity index (χ0v) is 12.0. The first-order valence-electron chi connectivity index (χ1n) is 7.12. The lowest BCUT2D eigenvalue weighted by atomic mass is 9.92. The Hall–Kier alpha value is -1.81. The lowest BCUT2D eigenvalue weighted by Crippen LogP contribution is -2.35. The van der Waals surface area contributed by atoms with Crippen LogP contribution in [0.5, 0.6) is 0 Å². The van der Waals surface area contributed by atoms with Gasteiger partial charge in [0.15, 0.2) is 0 Å². The molecule has 1 atom stereocenters. The molecule has 2 aromatic rings. The Morgan fingerprint density at radius 2 is 2.25 bits per heavy atom. The number of aromatic nitrogens is 1. The second kappa shape index (κ2) is 5.29. The first-order chi connectivity index (χ1) is 9.61. The number of nitrogens with one attached hydrogen (secondary N) is 2. The molecule has 4 nitrogen and oxygen atoms in total. The van der Waals surface area contributed by atoms with Crippen LogP contribution >= 0.6 is 0 Å². The maximum absolute atomic E-state index is 11.3. The third-order valence-corrected chi connectivity index (χ3v) is 4.09. The van der Waals surface area contributed by atoms with Crippen LogP contribution in [0.4, 0.5) is 0 Å². The number of furan rings is 1. The molecule has 2 N–H and O–H groups in total. The van der Waals surface area contributed by atoms with Gasteiger partial charge in [0.05, 0.1) is 6.54 Å². The fourth-order valence-electron chi connectivity index (χ4n) is 2.80. The van der Waals surface area contributed by atoms with Crippen molar-refractivity contribution in [2.45, 2.75) is 45.7 Å². The van der Waals surface area contributed by atoms with Crippen molar-refractivity contribution >= 4 is 0 Å². The molecular formula is C16H20N2O2. The molecule has 20 heavy (non-hydrogen) atoms. The molecule has 0 aromatic carbocycles. The molecule has 1 aliphatic carbocycles. The number of H-pyrrole nitrogens is 1. The lowest BCUT2D eigenvalue weighted by molar-refractivity contribution is 0.406. The molecule has 0 radical (unpaired) electrons. The molecule has 0 saturated heterocycles. The number of hydrogen-bond donors (Lipinski definition) is 2. The molecule has 2 aromatic heterocycles. The van der Waals surface area contributed by atoms with Gasteiger partial charge in [-0.05, 0) is 50.3 Å². The van der Waals surface area contributed by atoms with E-state index in [0.29, 0.717) is 6.04 Å². The normalized spacial score (nSPS) is 18.0. The van der Waals surface area contributed by atoms with Gasteiger partial charge in [-0.25, -0.2) is 0 Å². The van der Waals surface area contributed by atoms with Gasteiger partial charge >= 0.3 is 0 Å². The zero-order chi connectivity index (χ0) is 14.1. The number of rotatable bonds is 3. The molecule has 4 heteroatoms. The van der Waals surface area contributed by atoms with Gasteiger partial charge in [0.1, 0.15) is 11.5 Å². The van der Waals surface area contributed by atoms with Crippen LogP contribution in [-0.4, -0.2) is 11.0 Å². The van der Waals surface area contributed by atoms with E-state index >= 15 is 0 Å². The Morgan fingerprint density at radius 1 is 1.40 bits per heavy atom. The van der Waals surface area contributed by atoms with Crippen molar-refractivity contribution in [3.05, 3.63) is 56.9 Å². The molecule has 2 heterocycles. The number of aryl methyl sites for hydroxylation is 3. The standard InChI is InChI=1S/C16H20N2O2/c1-10-7-14(20-11(10)2)9-17-13-4-5-15-12(8-13)3-6-16(19)18-15/h3,6-7,13,17H,4-5,8-9H2,1-2H3,(H,18,19)/t13-/m1/s1. The first-order valence-corrected chi connectivity index (χ1v) is 7.12. The van der Waals surface area contributed by atoms with Crippen LogP contribution in [0.2, 0.25) is 0 Å². The highest BCUT2D eigenvalue weighted by molar-refractivity contribution is 5.24. The summed E-state index contributed by atoms with van der Waals surface area (Å²) < 4.78 is 5.68. The quantitative estimate of drug-likeness (QED) is 0.901. The van der Waals surface area contributed by atoms with Gasteiger partial charge in [0.25, 0.3) is 0 Å². The first kappa shape index (κ1) is 13.2. The average molecular weight is 272 g/mol. The number of hydrogen-bond acceptors (Lipinski definition) is 3. The third kappa shape index (κ3) is 2.70. The van der Waals surface area contributed by atoms with Gasteiger partial charge in [0, 0.05) is 17.8 Å². The number of aromatic amines is 1. The van der Waals surface area contributed by atoms with Crippen molar-refractivity contribution in [1.29, 1.82) is 0 Å². The third-order valence-electron chi connectivity index (χ3n) is 4.09. The second-order valence-corrected chi connectivity index (χ2v) is 5.60. The van der Waals surface area contributed by atoms with E-state index in [1.165, 1.54) is 11.1 Å². The molecule has 0 amide bonds. The highest BCUT2D eigenvalue weighted by Gasteiger charge is 2.19. The van der Waals surface area contributed by atoms with Crippen LogP contribution < -0.4 is 10.9 Å². The minimum absolute atomic E-state index is 0.00306. The van der Waals surface area contributed by atoms with E-state index in [1.54, 1.807) is 6.07 Å². The zero-order valence-electron chi connectivity index (χ0n) is 12.0. The topological polar surface area (TPSA) is 58.0 Å². The summed E-state index contributed by atoms with van der Waals surface area (Å²) in [6.45, 7) is 4.82. The SMILES string of the molecule is Cc1cc(CN[C@@H]2CCc3[nH]c(=O)ccc3C2)oc1C. The van der Waals surface area contributed by atoms with E-state index in [1.807, 2.05) is 13.0 Å². The largest absolute Gasteiger partial charge is 0.465 e. The Bertz CT molecular complexity index is 650. The summed E-state index contributed by atoms with van der Waals surface area (Å²) in [5, 5.41) is 3.55. The minimum atomic E-state index is -0.00306. The smallest absolute Gasteiger partial charge is 0.248 e. The van der Waals surface area contributed by atoms with Crippen LogP contribution in [0.25, 0.3) is 0 Å². The van der Waals surface area contributed by atoms with Crippen molar-refractivity contribution in [3.8, 4) is 0 Å². The van der Waals surface area contributed by atoms with Crippen molar-refractivity contribution in [2.24, 2.45) is 0 Å². The highest BCUT2D eigenvalue weighted by Crippen LogP contribution is 2.19. The minimum Gasteiger partial charge on any atom is -0.465 e. The van der Waals surface area contributed by atoms with Gasteiger partial charge in [-0.3, -0.25) is 4.79 Å². The summed E-state index contributed by atoms with van der Waals surface area (Å²) in [5.74, 6) is 1.99. The number of pyridine rings is 1. The summed E-state index contributed by atoms with van der Waals surface area (Å²) in [6.07, 6.45) is 2.94. The molecule has 106 valence electrons. The van der Waals surface area contributed by atoms with E-state index < -0.39 is 0 Å². The predicted octanol–water partition coefficient (Wildman–Crippen LogP) is 2.23. The highest BCUT2D eigenvalue weighted by atomic mass is 16.3. The van der Waals surface area contributed by atoms with Gasteiger partial charge in [-0.1, -0.05) is 6.07 Å². The van der Waals surface area contributed by atoms with E-state index in [-0.39, 0.29) is 5.56 Å². The maximum Gasteiger partial charge on any atom is 0.248 e. The molecule has 1 aliphatic rings. The summed E-state index contributed by atoms with van der Waals surface area (Å²) in [7, 11) is 0. The number of fused-ring (bicyclic) bond motifs is 1. The van der Waals surface area contributed by atoms with Gasteiger partial charge in [-0.15, -0.1) is 0 Å². The van der Waals surface area contributed by atoms with Crippen LogP contribution in [0.15, 0.2) is 27.4 Å². The van der Waals surface area contributed by atoms with Crippen LogP contribution in [0.1, 0.15) is 34.8 Å². The van der Waals surface area contributed by atoms with Crippen LogP contribution in [-0.2, 0) is 19.4 Å².